The fraction of sp³-hybridized carbons (Fsp3) is 0. The summed E-state index contributed by atoms with van der Waals surface area (Å²) in [6.07, 6.45) is 0. The molecule has 3 aromatic heterocycles. The molecule has 0 saturated carbocycles. The summed E-state index contributed by atoms with van der Waals surface area (Å²) in [6.45, 7) is 0. The standard InChI is InChI=1S/C54H30N8/c55-31-34-22-25-47-42(28-34)40-17-7-9-19-45(40)61(47)49-27-24-38(54-59-52(36-12-3-1-4-13-36)58-53(60-54)37-14-5-2-6-15-37)30-44(49)51-39(33-57)16-11-21-50(51)62-46-20-10-8-18-41(46)43-29-35(32-56)23-26-48(43)62/h1-30H. The Morgan fingerprint density at radius 3 is 1.37 bits per heavy atom. The van der Waals surface area contributed by atoms with Crippen molar-refractivity contribution in [3.63, 3.8) is 0 Å². The smallest absolute Gasteiger partial charge is 0.164 e. The van der Waals surface area contributed by atoms with Crippen LogP contribution in [0.1, 0.15) is 16.7 Å². The molecule has 62 heavy (non-hydrogen) atoms. The van der Waals surface area contributed by atoms with Gasteiger partial charge in [0.15, 0.2) is 17.5 Å². The summed E-state index contributed by atoms with van der Waals surface area (Å²) < 4.78 is 4.40. The Morgan fingerprint density at radius 2 is 0.839 bits per heavy atom. The number of hydrogen-bond donors (Lipinski definition) is 0. The molecular weight excluding hydrogens is 761 g/mol. The maximum absolute atomic E-state index is 11.1. The average Bonchev–Trinajstić information content (AvgIpc) is 3.85. The molecule has 0 unspecified atom stereocenters. The van der Waals surface area contributed by atoms with Gasteiger partial charge in [-0.15, -0.1) is 0 Å². The first-order chi connectivity index (χ1) is 30.6. The molecule has 0 aliphatic carbocycles. The number of hydrogen-bond acceptors (Lipinski definition) is 6. The van der Waals surface area contributed by atoms with Gasteiger partial charge in [0.2, 0.25) is 0 Å². The Bertz CT molecular complexity index is 3670. The molecule has 8 nitrogen and oxygen atoms in total. The second-order valence-corrected chi connectivity index (χ2v) is 15.0. The highest BCUT2D eigenvalue weighted by atomic mass is 15.0. The molecule has 0 N–H and O–H groups in total. The minimum Gasteiger partial charge on any atom is -0.309 e. The van der Waals surface area contributed by atoms with E-state index in [1.807, 2.05) is 146 Å². The third-order valence-electron chi connectivity index (χ3n) is 11.5. The van der Waals surface area contributed by atoms with Crippen LogP contribution >= 0.6 is 0 Å². The zero-order chi connectivity index (χ0) is 41.7. The molecule has 8 heteroatoms. The summed E-state index contributed by atoms with van der Waals surface area (Å²) in [4.78, 5) is 15.2. The molecule has 0 aliphatic heterocycles. The molecule has 0 fully saturated rings. The van der Waals surface area contributed by atoms with E-state index < -0.39 is 0 Å². The van der Waals surface area contributed by atoms with E-state index in [9.17, 15) is 15.8 Å². The van der Waals surface area contributed by atoms with Crippen molar-refractivity contribution in [3.8, 4) is 74.9 Å². The molecule has 0 radical (unpaired) electrons. The Balaban J connectivity index is 1.26. The number of benzene rings is 8. The van der Waals surface area contributed by atoms with Gasteiger partial charge in [0.25, 0.3) is 0 Å². The van der Waals surface area contributed by atoms with Crippen LogP contribution in [0.4, 0.5) is 0 Å². The molecular formula is C54H30N8. The van der Waals surface area contributed by atoms with Gasteiger partial charge in [-0.1, -0.05) is 103 Å². The molecule has 11 aromatic rings. The summed E-state index contributed by atoms with van der Waals surface area (Å²) in [7, 11) is 0. The monoisotopic (exact) mass is 790 g/mol. The molecule has 11 rings (SSSR count). The number of nitriles is 3. The predicted molar refractivity (Wildman–Crippen MR) is 244 cm³/mol. The Labute approximate surface area is 355 Å². The summed E-state index contributed by atoms with van der Waals surface area (Å²) >= 11 is 0. The third-order valence-corrected chi connectivity index (χ3v) is 11.5. The van der Waals surface area contributed by atoms with E-state index in [-0.39, 0.29) is 0 Å². The fourth-order valence-electron chi connectivity index (χ4n) is 8.71. The highest BCUT2D eigenvalue weighted by Gasteiger charge is 2.24. The third kappa shape index (κ3) is 5.78. The maximum atomic E-state index is 11.1. The van der Waals surface area contributed by atoms with Gasteiger partial charge < -0.3 is 9.13 Å². The summed E-state index contributed by atoms with van der Waals surface area (Å²) in [5.41, 5.74) is 10.8. The second kappa shape index (κ2) is 14.6. The molecule has 0 amide bonds. The minimum atomic E-state index is 0.471. The molecule has 0 saturated heterocycles. The minimum absolute atomic E-state index is 0.471. The van der Waals surface area contributed by atoms with Crippen LogP contribution in [0.3, 0.4) is 0 Å². The lowest BCUT2D eigenvalue weighted by Crippen LogP contribution is -2.05. The van der Waals surface area contributed by atoms with Crippen LogP contribution in [-0.2, 0) is 0 Å². The SMILES string of the molecule is N#Cc1ccc2c(c1)c1ccccc1n2-c1ccc(-c2nc(-c3ccccc3)nc(-c3ccccc3)n2)cc1-c1c(C#N)cccc1-n1c2ccccc2c2cc(C#N)ccc21. The van der Waals surface area contributed by atoms with Gasteiger partial charge in [0.05, 0.1) is 68.3 Å². The Morgan fingerprint density at radius 1 is 0.355 bits per heavy atom. The first-order valence-electron chi connectivity index (χ1n) is 20.0. The molecule has 8 aromatic carbocycles. The van der Waals surface area contributed by atoms with Gasteiger partial charge in [-0.25, -0.2) is 15.0 Å². The lowest BCUT2D eigenvalue weighted by Gasteiger charge is -2.20. The van der Waals surface area contributed by atoms with Gasteiger partial charge >= 0.3 is 0 Å². The van der Waals surface area contributed by atoms with E-state index >= 15 is 0 Å². The van der Waals surface area contributed by atoms with E-state index in [2.05, 4.69) is 63.7 Å². The van der Waals surface area contributed by atoms with Gasteiger partial charge in [-0.2, -0.15) is 15.8 Å². The number of rotatable bonds is 6. The Hall–Kier alpha value is -9.16. The van der Waals surface area contributed by atoms with Crippen molar-refractivity contribution in [2.45, 2.75) is 0 Å². The lowest BCUT2D eigenvalue weighted by molar-refractivity contribution is 1.07. The first-order valence-corrected chi connectivity index (χ1v) is 20.0. The number of aromatic nitrogens is 5. The molecule has 3 heterocycles. The van der Waals surface area contributed by atoms with Crippen molar-refractivity contribution in [2.24, 2.45) is 0 Å². The fourth-order valence-corrected chi connectivity index (χ4v) is 8.71. The zero-order valence-electron chi connectivity index (χ0n) is 32.9. The average molecular weight is 791 g/mol. The maximum Gasteiger partial charge on any atom is 0.164 e. The molecule has 0 aliphatic rings. The van der Waals surface area contributed by atoms with Gasteiger partial charge in [0.1, 0.15) is 0 Å². The molecule has 0 atom stereocenters. The van der Waals surface area contributed by atoms with Crippen molar-refractivity contribution in [3.05, 3.63) is 199 Å². The van der Waals surface area contributed by atoms with Crippen molar-refractivity contribution in [1.82, 2.24) is 24.1 Å². The van der Waals surface area contributed by atoms with E-state index in [4.69, 9.17) is 15.0 Å². The highest BCUT2D eigenvalue weighted by Crippen LogP contribution is 2.43. The van der Waals surface area contributed by atoms with E-state index in [0.717, 1.165) is 77.2 Å². The van der Waals surface area contributed by atoms with Crippen molar-refractivity contribution < 1.29 is 0 Å². The van der Waals surface area contributed by atoms with Crippen LogP contribution in [-0.4, -0.2) is 24.1 Å². The highest BCUT2D eigenvalue weighted by molar-refractivity contribution is 6.12. The molecule has 0 bridgehead atoms. The first kappa shape index (κ1) is 36.0. The molecule has 286 valence electrons. The second-order valence-electron chi connectivity index (χ2n) is 15.0. The molecule has 0 spiro atoms. The van der Waals surface area contributed by atoms with Crippen LogP contribution in [0.15, 0.2) is 182 Å². The normalized spacial score (nSPS) is 11.2. The van der Waals surface area contributed by atoms with Crippen LogP contribution in [0.25, 0.3) is 100 Å². The topological polar surface area (TPSA) is 120 Å². The van der Waals surface area contributed by atoms with E-state index in [1.54, 1.807) is 0 Å². The van der Waals surface area contributed by atoms with Gasteiger partial charge in [-0.3, -0.25) is 0 Å². The number of nitrogens with zero attached hydrogens (tertiary/aromatic N) is 8. The van der Waals surface area contributed by atoms with E-state index in [1.165, 1.54) is 0 Å². The van der Waals surface area contributed by atoms with Crippen LogP contribution in [0.2, 0.25) is 0 Å². The van der Waals surface area contributed by atoms with Crippen molar-refractivity contribution in [1.29, 1.82) is 15.8 Å². The van der Waals surface area contributed by atoms with Crippen molar-refractivity contribution in [2.75, 3.05) is 0 Å². The zero-order valence-corrected chi connectivity index (χ0v) is 32.9. The number of para-hydroxylation sites is 2. The Kier molecular flexibility index (Phi) is 8.46. The van der Waals surface area contributed by atoms with Crippen LogP contribution < -0.4 is 0 Å². The number of fused-ring (bicyclic) bond motifs is 6. The van der Waals surface area contributed by atoms with Crippen LogP contribution in [0, 0.1) is 34.0 Å². The van der Waals surface area contributed by atoms with Gasteiger partial charge in [-0.05, 0) is 78.9 Å². The summed E-state index contributed by atoms with van der Waals surface area (Å²) in [5, 5.41) is 34.8. The predicted octanol–water partition coefficient (Wildman–Crippen LogP) is 12.3. The van der Waals surface area contributed by atoms with Crippen molar-refractivity contribution >= 4 is 43.6 Å². The summed E-state index contributed by atoms with van der Waals surface area (Å²) in [5.74, 6) is 1.55. The van der Waals surface area contributed by atoms with Gasteiger partial charge in [0, 0.05) is 49.4 Å². The lowest BCUT2D eigenvalue weighted by atomic mass is 9.94. The largest absolute Gasteiger partial charge is 0.309 e. The summed E-state index contributed by atoms with van der Waals surface area (Å²) in [6, 6.07) is 66.8. The van der Waals surface area contributed by atoms with Crippen LogP contribution in [0.5, 0.6) is 0 Å². The quantitative estimate of drug-likeness (QED) is 0.165. The van der Waals surface area contributed by atoms with E-state index in [0.29, 0.717) is 39.7 Å².